The second kappa shape index (κ2) is 13.0. The Morgan fingerprint density at radius 2 is 1.72 bits per heavy atom. The number of halogens is 1. The first-order chi connectivity index (χ1) is 19.0. The highest BCUT2D eigenvalue weighted by Gasteiger charge is 2.31. The zero-order valence-corrected chi connectivity index (χ0v) is 23.6. The summed E-state index contributed by atoms with van der Waals surface area (Å²) in [5.41, 5.74) is 2.86. The number of carbonyl (C=O) groups is 2. The fourth-order valence-corrected chi connectivity index (χ4v) is 6.35. The number of aromatic nitrogens is 1. The summed E-state index contributed by atoms with van der Waals surface area (Å²) < 4.78 is 0. The van der Waals surface area contributed by atoms with E-state index in [1.807, 2.05) is 61.7 Å². The van der Waals surface area contributed by atoms with Crippen molar-refractivity contribution >= 4 is 34.3 Å². The van der Waals surface area contributed by atoms with Crippen LogP contribution in [0.3, 0.4) is 0 Å². The van der Waals surface area contributed by atoms with Crippen molar-refractivity contribution < 1.29 is 9.59 Å². The molecule has 0 spiro atoms. The summed E-state index contributed by atoms with van der Waals surface area (Å²) >= 11 is 6.32. The predicted molar refractivity (Wildman–Crippen MR) is 157 cm³/mol. The average molecular weight is 550 g/mol. The molecule has 2 atom stereocenters. The van der Waals surface area contributed by atoms with Crippen LogP contribution in [0.4, 0.5) is 0 Å². The fraction of sp³-hybridized carbons (Fsp3) is 0.484. The molecule has 2 aliphatic heterocycles. The second-order valence-electron chi connectivity index (χ2n) is 11.0. The lowest BCUT2D eigenvalue weighted by Gasteiger charge is -2.40. The van der Waals surface area contributed by atoms with E-state index >= 15 is 0 Å². The maximum atomic E-state index is 13.5. The van der Waals surface area contributed by atoms with E-state index in [-0.39, 0.29) is 17.7 Å². The van der Waals surface area contributed by atoms with Gasteiger partial charge >= 0.3 is 0 Å². The molecule has 2 fully saturated rings. The van der Waals surface area contributed by atoms with Gasteiger partial charge in [-0.2, -0.15) is 0 Å². The number of piperidine rings is 2. The Labute approximate surface area is 236 Å². The molecule has 2 aromatic carbocycles. The monoisotopic (exact) mass is 549 g/mol. The van der Waals surface area contributed by atoms with E-state index in [1.54, 1.807) is 0 Å². The van der Waals surface area contributed by atoms with Gasteiger partial charge in [0.15, 0.2) is 0 Å². The van der Waals surface area contributed by atoms with Gasteiger partial charge < -0.3 is 20.5 Å². The van der Waals surface area contributed by atoms with E-state index in [2.05, 4.69) is 25.4 Å². The molecule has 208 valence electrons. The van der Waals surface area contributed by atoms with E-state index < -0.39 is 6.04 Å². The molecule has 3 heterocycles. The fourth-order valence-electron chi connectivity index (χ4n) is 6.15. The predicted octanol–water partition coefficient (Wildman–Crippen LogP) is 4.68. The molecule has 3 N–H and O–H groups in total. The van der Waals surface area contributed by atoms with Gasteiger partial charge in [-0.3, -0.25) is 14.5 Å². The Morgan fingerprint density at radius 3 is 2.49 bits per heavy atom. The summed E-state index contributed by atoms with van der Waals surface area (Å²) in [5.74, 6) is -0.568. The molecule has 3 aromatic rings. The third kappa shape index (κ3) is 6.83. The van der Waals surface area contributed by atoms with Crippen molar-refractivity contribution in [1.82, 2.24) is 25.4 Å². The van der Waals surface area contributed by atoms with Crippen LogP contribution in [0.15, 0.2) is 54.7 Å². The average Bonchev–Trinajstić information content (AvgIpc) is 3.40. The maximum absolute atomic E-state index is 13.5. The molecule has 5 rings (SSSR count). The number of hydrogen-bond acceptors (Lipinski definition) is 4. The van der Waals surface area contributed by atoms with E-state index in [0.29, 0.717) is 24.2 Å². The van der Waals surface area contributed by atoms with Crippen LogP contribution >= 0.6 is 11.6 Å². The van der Waals surface area contributed by atoms with E-state index in [4.69, 9.17) is 11.6 Å². The van der Waals surface area contributed by atoms with Crippen LogP contribution in [0, 0.1) is 0 Å². The summed E-state index contributed by atoms with van der Waals surface area (Å²) in [6, 6.07) is 15.4. The molecule has 7 nitrogen and oxygen atoms in total. The molecule has 2 unspecified atom stereocenters. The van der Waals surface area contributed by atoms with Gasteiger partial charge in [0.1, 0.15) is 6.04 Å². The number of H-pyrrole nitrogens is 1. The second-order valence-corrected chi connectivity index (χ2v) is 11.4. The van der Waals surface area contributed by atoms with E-state index in [9.17, 15) is 9.59 Å². The Kier molecular flexibility index (Phi) is 9.22. The number of likely N-dealkylation sites (tertiary alicyclic amines) is 2. The minimum absolute atomic E-state index is 0.115. The summed E-state index contributed by atoms with van der Waals surface area (Å²) in [4.78, 5) is 35.0. The lowest BCUT2D eigenvalue weighted by atomic mass is 9.92. The number of hydrogen-bond donors (Lipinski definition) is 3. The number of amides is 2. The Hall–Kier alpha value is -2.87. The molecule has 2 amide bonds. The molecular weight excluding hydrogens is 510 g/mol. The van der Waals surface area contributed by atoms with Crippen molar-refractivity contribution in [3.63, 3.8) is 0 Å². The van der Waals surface area contributed by atoms with Crippen molar-refractivity contribution in [3.8, 4) is 0 Å². The van der Waals surface area contributed by atoms with Gasteiger partial charge in [-0.05, 0) is 62.0 Å². The zero-order valence-electron chi connectivity index (χ0n) is 22.8. The van der Waals surface area contributed by atoms with Crippen LogP contribution in [-0.4, -0.2) is 71.4 Å². The van der Waals surface area contributed by atoms with Crippen LogP contribution in [0.5, 0.6) is 0 Å². The largest absolute Gasteiger partial charge is 0.361 e. The van der Waals surface area contributed by atoms with E-state index in [0.717, 1.165) is 48.0 Å². The summed E-state index contributed by atoms with van der Waals surface area (Å²) in [5, 5.41) is 7.77. The van der Waals surface area contributed by atoms with Gasteiger partial charge in [0, 0.05) is 53.7 Å². The highest BCUT2D eigenvalue weighted by molar-refractivity contribution is 6.31. The van der Waals surface area contributed by atoms with Crippen molar-refractivity contribution in [2.24, 2.45) is 0 Å². The Morgan fingerprint density at radius 1 is 1.00 bits per heavy atom. The van der Waals surface area contributed by atoms with Crippen molar-refractivity contribution in [2.45, 2.75) is 63.6 Å². The van der Waals surface area contributed by atoms with Gasteiger partial charge in [-0.25, -0.2) is 0 Å². The van der Waals surface area contributed by atoms with Gasteiger partial charge in [-0.15, -0.1) is 0 Å². The zero-order chi connectivity index (χ0) is 27.2. The molecule has 8 heteroatoms. The lowest BCUT2D eigenvalue weighted by molar-refractivity contribution is -0.130. The highest BCUT2D eigenvalue weighted by Crippen LogP contribution is 2.28. The number of rotatable bonds is 9. The van der Waals surface area contributed by atoms with Crippen LogP contribution in [0.1, 0.15) is 56.1 Å². The topological polar surface area (TPSA) is 80.5 Å². The SMILES string of the molecule is CC(c1c[nH]c2ccccc12)C(NC(=O)CN1CCC(N2CCCCC2)CC1)C(=O)NCc1ccccc1Cl. The number of nitrogens with zero attached hydrogens (tertiary/aromatic N) is 2. The van der Waals surface area contributed by atoms with E-state index in [1.165, 1.54) is 32.4 Å². The molecule has 1 aromatic heterocycles. The Bertz CT molecular complexity index is 1260. The third-order valence-electron chi connectivity index (χ3n) is 8.45. The van der Waals surface area contributed by atoms with Crippen molar-refractivity contribution in [3.05, 3.63) is 70.9 Å². The minimum Gasteiger partial charge on any atom is -0.361 e. The molecule has 39 heavy (non-hydrogen) atoms. The van der Waals surface area contributed by atoms with Crippen molar-refractivity contribution in [1.29, 1.82) is 0 Å². The van der Waals surface area contributed by atoms with Crippen molar-refractivity contribution in [2.75, 3.05) is 32.7 Å². The number of fused-ring (bicyclic) bond motifs is 1. The Balaban J connectivity index is 1.24. The van der Waals surface area contributed by atoms with Gasteiger partial charge in [-0.1, -0.05) is 61.3 Å². The van der Waals surface area contributed by atoms with Crippen LogP contribution in [0.2, 0.25) is 5.02 Å². The standard InChI is InChI=1S/C31H40ClN5O2/c1-22(26-20-33-28-12-6-4-10-25(26)28)30(31(39)34-19-23-9-3-5-11-27(23)32)35-29(38)21-36-17-13-24(14-18-36)37-15-7-2-8-16-37/h3-6,9-12,20,22,24,30,33H,2,7-8,13-19,21H2,1H3,(H,34,39)(H,35,38). The lowest BCUT2D eigenvalue weighted by Crippen LogP contribution is -2.53. The number of benzene rings is 2. The van der Waals surface area contributed by atoms with Crippen LogP contribution in [-0.2, 0) is 16.1 Å². The third-order valence-corrected chi connectivity index (χ3v) is 8.82. The van der Waals surface area contributed by atoms with Gasteiger partial charge in [0.2, 0.25) is 11.8 Å². The normalized spacial score (nSPS) is 19.0. The number of aromatic amines is 1. The van der Waals surface area contributed by atoms with Gasteiger partial charge in [0.05, 0.1) is 6.54 Å². The highest BCUT2D eigenvalue weighted by atomic mass is 35.5. The molecule has 0 aliphatic carbocycles. The number of para-hydroxylation sites is 1. The summed E-state index contributed by atoms with van der Waals surface area (Å²) in [7, 11) is 0. The van der Waals surface area contributed by atoms with Crippen LogP contribution in [0.25, 0.3) is 10.9 Å². The van der Waals surface area contributed by atoms with Gasteiger partial charge in [0.25, 0.3) is 0 Å². The minimum atomic E-state index is -0.718. The van der Waals surface area contributed by atoms with Crippen LogP contribution < -0.4 is 10.6 Å². The first-order valence-electron chi connectivity index (χ1n) is 14.3. The molecule has 0 radical (unpaired) electrons. The summed E-state index contributed by atoms with van der Waals surface area (Å²) in [6.45, 7) is 6.85. The molecule has 2 saturated heterocycles. The molecule has 2 aliphatic rings. The summed E-state index contributed by atoms with van der Waals surface area (Å²) in [6.07, 6.45) is 8.09. The quantitative estimate of drug-likeness (QED) is 0.362. The number of carbonyl (C=O) groups excluding carboxylic acids is 2. The maximum Gasteiger partial charge on any atom is 0.243 e. The first kappa shape index (κ1) is 27.7. The molecular formula is C31H40ClN5O2. The molecule has 0 bridgehead atoms. The smallest absolute Gasteiger partial charge is 0.243 e. The molecule has 0 saturated carbocycles. The first-order valence-corrected chi connectivity index (χ1v) is 14.7. The number of nitrogens with one attached hydrogen (secondary N) is 3.